The van der Waals surface area contributed by atoms with Gasteiger partial charge in [-0.2, -0.15) is 0 Å². The standard InChI is InChI=1S/C23H41N3O7/c1-17(19(27)16-24)25-21(29)15-14-18(23(32)33)26-20(28)12-10-8-6-4-2-3-5-7-9-11-13-22(30)31/h17-18H,2-16,24H2,1H3,(H,25,29)(H,26,28)(H,30,31)(H,32,33)/t17-,18-/m0/s1. The summed E-state index contributed by atoms with van der Waals surface area (Å²) in [6, 6.07) is -1.89. The van der Waals surface area contributed by atoms with E-state index in [1.165, 1.54) is 6.92 Å². The van der Waals surface area contributed by atoms with Gasteiger partial charge in [0.15, 0.2) is 5.78 Å². The Labute approximate surface area is 196 Å². The lowest BCUT2D eigenvalue weighted by Gasteiger charge is -2.16. The summed E-state index contributed by atoms with van der Waals surface area (Å²) in [7, 11) is 0. The second-order valence-corrected chi connectivity index (χ2v) is 8.39. The number of nitrogens with two attached hydrogens (primary N) is 1. The second-order valence-electron chi connectivity index (χ2n) is 8.39. The molecule has 0 aliphatic heterocycles. The van der Waals surface area contributed by atoms with Crippen molar-refractivity contribution in [2.45, 2.75) is 109 Å². The molecule has 0 saturated heterocycles. The number of rotatable bonds is 21. The number of hydrogen-bond donors (Lipinski definition) is 5. The molecule has 0 aromatic carbocycles. The molecule has 0 aromatic rings. The fourth-order valence-corrected chi connectivity index (χ4v) is 3.35. The van der Waals surface area contributed by atoms with Crippen molar-refractivity contribution in [1.82, 2.24) is 10.6 Å². The van der Waals surface area contributed by atoms with Crippen LogP contribution in [0, 0.1) is 0 Å². The first-order valence-electron chi connectivity index (χ1n) is 11.9. The molecule has 2 atom stereocenters. The lowest BCUT2D eigenvalue weighted by Crippen LogP contribution is -2.44. The first kappa shape index (κ1) is 30.5. The molecule has 10 nitrogen and oxygen atoms in total. The number of unbranched alkanes of at least 4 members (excludes halogenated alkanes) is 9. The van der Waals surface area contributed by atoms with Crippen LogP contribution in [0.15, 0.2) is 0 Å². The molecule has 0 aliphatic rings. The number of ketones is 1. The molecule has 6 N–H and O–H groups in total. The molecule has 0 aliphatic carbocycles. The highest BCUT2D eigenvalue weighted by molar-refractivity contribution is 5.90. The summed E-state index contributed by atoms with van der Waals surface area (Å²) in [6.45, 7) is 1.32. The minimum Gasteiger partial charge on any atom is -0.481 e. The average molecular weight is 472 g/mol. The van der Waals surface area contributed by atoms with E-state index in [9.17, 15) is 29.1 Å². The second kappa shape index (κ2) is 19.0. The molecule has 0 saturated carbocycles. The molecule has 10 heteroatoms. The number of Topliss-reactive ketones (excluding diaryl/α,β-unsaturated/α-hetero) is 1. The van der Waals surface area contributed by atoms with E-state index in [2.05, 4.69) is 10.6 Å². The zero-order valence-electron chi connectivity index (χ0n) is 19.8. The number of amides is 2. The fourth-order valence-electron chi connectivity index (χ4n) is 3.35. The van der Waals surface area contributed by atoms with Crippen LogP contribution in [0.4, 0.5) is 0 Å². The number of aliphatic carboxylic acids is 2. The third-order valence-electron chi connectivity index (χ3n) is 5.40. The van der Waals surface area contributed by atoms with Gasteiger partial charge in [-0.05, 0) is 26.2 Å². The van der Waals surface area contributed by atoms with Crippen molar-refractivity contribution < 1.29 is 34.2 Å². The molecular weight excluding hydrogens is 430 g/mol. The Hall–Kier alpha value is -2.49. The Bertz CT molecular complexity index is 625. The fraction of sp³-hybridized carbons (Fsp3) is 0.783. The van der Waals surface area contributed by atoms with Gasteiger partial charge in [-0.1, -0.05) is 51.4 Å². The van der Waals surface area contributed by atoms with Crippen LogP contribution < -0.4 is 16.4 Å². The van der Waals surface area contributed by atoms with E-state index in [1.54, 1.807) is 0 Å². The van der Waals surface area contributed by atoms with Gasteiger partial charge in [0.25, 0.3) is 0 Å². The number of carboxylic acid groups (broad SMARTS) is 2. The Kier molecular flexibility index (Phi) is 17.6. The summed E-state index contributed by atoms with van der Waals surface area (Å²) in [5.74, 6) is -3.08. The van der Waals surface area contributed by atoms with E-state index in [4.69, 9.17) is 10.8 Å². The van der Waals surface area contributed by atoms with E-state index < -0.39 is 29.9 Å². The van der Waals surface area contributed by atoms with Gasteiger partial charge in [0.05, 0.1) is 12.6 Å². The van der Waals surface area contributed by atoms with Crippen LogP contribution >= 0.6 is 0 Å². The van der Waals surface area contributed by atoms with Crippen LogP contribution in [0.2, 0.25) is 0 Å². The van der Waals surface area contributed by atoms with Gasteiger partial charge < -0.3 is 26.6 Å². The molecule has 0 aromatic heterocycles. The van der Waals surface area contributed by atoms with E-state index in [1.807, 2.05) is 0 Å². The Balaban J connectivity index is 3.86. The van der Waals surface area contributed by atoms with Crippen molar-refractivity contribution in [3.05, 3.63) is 0 Å². The van der Waals surface area contributed by atoms with Crippen molar-refractivity contribution in [3.63, 3.8) is 0 Å². The average Bonchev–Trinajstić information content (AvgIpc) is 2.76. The summed E-state index contributed by atoms with van der Waals surface area (Å²) in [5, 5.41) is 22.8. The zero-order valence-corrected chi connectivity index (χ0v) is 19.8. The number of carbonyl (C=O) groups is 5. The van der Waals surface area contributed by atoms with E-state index in [0.717, 1.165) is 57.8 Å². The van der Waals surface area contributed by atoms with E-state index in [-0.39, 0.29) is 43.9 Å². The summed E-state index contributed by atoms with van der Waals surface area (Å²) in [5.41, 5.74) is 5.23. The zero-order chi connectivity index (χ0) is 25.1. The highest BCUT2D eigenvalue weighted by Gasteiger charge is 2.22. The molecule has 2 amide bonds. The molecule has 0 spiro atoms. The van der Waals surface area contributed by atoms with Gasteiger partial charge in [-0.25, -0.2) is 4.79 Å². The molecular formula is C23H41N3O7. The van der Waals surface area contributed by atoms with Gasteiger partial charge in [-0.3, -0.25) is 19.2 Å². The van der Waals surface area contributed by atoms with Crippen LogP contribution in [0.1, 0.15) is 96.8 Å². The molecule has 0 heterocycles. The third kappa shape index (κ3) is 17.7. The third-order valence-corrected chi connectivity index (χ3v) is 5.40. The minimum absolute atomic E-state index is 0.0627. The Morgan fingerprint density at radius 2 is 1.15 bits per heavy atom. The lowest BCUT2D eigenvalue weighted by atomic mass is 10.0. The molecule has 0 fully saturated rings. The number of carboxylic acids is 2. The molecule has 190 valence electrons. The van der Waals surface area contributed by atoms with Gasteiger partial charge in [0.2, 0.25) is 11.8 Å². The van der Waals surface area contributed by atoms with Crippen molar-refractivity contribution in [2.75, 3.05) is 6.54 Å². The Morgan fingerprint density at radius 1 is 0.697 bits per heavy atom. The van der Waals surface area contributed by atoms with Crippen molar-refractivity contribution in [1.29, 1.82) is 0 Å². The molecule has 0 bridgehead atoms. The molecule has 0 rings (SSSR count). The van der Waals surface area contributed by atoms with Crippen molar-refractivity contribution in [3.8, 4) is 0 Å². The van der Waals surface area contributed by atoms with Gasteiger partial charge in [0.1, 0.15) is 6.04 Å². The number of hydrogen-bond acceptors (Lipinski definition) is 6. The largest absolute Gasteiger partial charge is 0.481 e. The predicted octanol–water partition coefficient (Wildman–Crippen LogP) is 2.13. The topological polar surface area (TPSA) is 176 Å². The van der Waals surface area contributed by atoms with Crippen LogP contribution in [0.3, 0.4) is 0 Å². The molecule has 0 radical (unpaired) electrons. The van der Waals surface area contributed by atoms with E-state index in [0.29, 0.717) is 6.42 Å². The smallest absolute Gasteiger partial charge is 0.326 e. The van der Waals surface area contributed by atoms with Crippen molar-refractivity contribution in [2.24, 2.45) is 5.73 Å². The Morgan fingerprint density at radius 3 is 1.61 bits per heavy atom. The molecule has 33 heavy (non-hydrogen) atoms. The highest BCUT2D eigenvalue weighted by atomic mass is 16.4. The van der Waals surface area contributed by atoms with Gasteiger partial charge in [-0.15, -0.1) is 0 Å². The summed E-state index contributed by atoms with van der Waals surface area (Å²) in [4.78, 5) is 57.1. The maximum atomic E-state index is 12.0. The number of carbonyl (C=O) groups excluding carboxylic acids is 3. The summed E-state index contributed by atoms with van der Waals surface area (Å²) in [6.07, 6.45) is 10.0. The maximum absolute atomic E-state index is 12.0. The van der Waals surface area contributed by atoms with E-state index >= 15 is 0 Å². The summed E-state index contributed by atoms with van der Waals surface area (Å²) >= 11 is 0. The van der Waals surface area contributed by atoms with Crippen LogP contribution in [-0.4, -0.2) is 58.4 Å². The van der Waals surface area contributed by atoms with Crippen LogP contribution in [0.25, 0.3) is 0 Å². The first-order valence-corrected chi connectivity index (χ1v) is 11.9. The monoisotopic (exact) mass is 471 g/mol. The minimum atomic E-state index is -1.20. The maximum Gasteiger partial charge on any atom is 0.326 e. The van der Waals surface area contributed by atoms with Gasteiger partial charge in [0, 0.05) is 19.3 Å². The number of nitrogens with one attached hydrogen (secondary N) is 2. The SMILES string of the molecule is C[C@H](NC(=O)CC[C@H](NC(=O)CCCCCCCCCCCCC(=O)O)C(=O)O)C(=O)CN. The lowest BCUT2D eigenvalue weighted by molar-refractivity contribution is -0.142. The van der Waals surface area contributed by atoms with Crippen LogP contribution in [-0.2, 0) is 24.0 Å². The predicted molar refractivity (Wildman–Crippen MR) is 124 cm³/mol. The highest BCUT2D eigenvalue weighted by Crippen LogP contribution is 2.12. The molecule has 0 unspecified atom stereocenters. The summed E-state index contributed by atoms with van der Waals surface area (Å²) < 4.78 is 0. The first-order chi connectivity index (χ1) is 15.7. The normalized spacial score (nSPS) is 12.5. The quantitative estimate of drug-likeness (QED) is 0.158. The van der Waals surface area contributed by atoms with Gasteiger partial charge >= 0.3 is 11.9 Å². The van der Waals surface area contributed by atoms with Crippen molar-refractivity contribution >= 4 is 29.5 Å². The van der Waals surface area contributed by atoms with Crippen LogP contribution in [0.5, 0.6) is 0 Å².